The second-order valence-corrected chi connectivity index (χ2v) is 11.5. The molecule has 3 aliphatic heterocycles. The SMILES string of the molecule is CCOC(=O)CC1C[C@H]2O[C@H](OCC)[C@@H]1[C@@H]1C[Si](C)(C)O[C@@H]12. The van der Waals surface area contributed by atoms with Crippen LogP contribution in [0.1, 0.15) is 26.7 Å². The number of rotatable bonds is 5. The average Bonchev–Trinajstić information content (AvgIpc) is 2.75. The first-order valence-corrected chi connectivity index (χ1v) is 11.7. The quantitative estimate of drug-likeness (QED) is 0.573. The minimum absolute atomic E-state index is 0.0697. The van der Waals surface area contributed by atoms with Crippen LogP contribution in [-0.2, 0) is 23.4 Å². The van der Waals surface area contributed by atoms with E-state index in [1.165, 1.54) is 0 Å². The normalized spacial score (nSPS) is 42.2. The molecule has 1 aliphatic carbocycles. The predicted molar refractivity (Wildman–Crippen MR) is 83.8 cm³/mol. The first-order valence-electron chi connectivity index (χ1n) is 8.55. The maximum absolute atomic E-state index is 11.9. The van der Waals surface area contributed by atoms with Crippen molar-refractivity contribution in [1.29, 1.82) is 0 Å². The van der Waals surface area contributed by atoms with Crippen LogP contribution in [0.4, 0.5) is 0 Å². The molecule has 0 aromatic carbocycles. The fourth-order valence-electron chi connectivity index (χ4n) is 4.62. The monoisotopic (exact) mass is 328 g/mol. The number of ether oxygens (including phenoxy) is 3. The maximum Gasteiger partial charge on any atom is 0.306 e. The molecule has 2 bridgehead atoms. The molecule has 0 aromatic heterocycles. The topological polar surface area (TPSA) is 54.0 Å². The summed E-state index contributed by atoms with van der Waals surface area (Å²) >= 11 is 0. The molecule has 126 valence electrons. The molecular weight excluding hydrogens is 300 g/mol. The predicted octanol–water partition coefficient (Wildman–Crippen LogP) is 2.56. The third kappa shape index (κ3) is 2.98. The number of carbonyl (C=O) groups excluding carboxylic acids is 1. The minimum Gasteiger partial charge on any atom is -0.466 e. The van der Waals surface area contributed by atoms with Crippen LogP contribution in [-0.4, -0.2) is 46.0 Å². The van der Waals surface area contributed by atoms with Gasteiger partial charge in [-0.05, 0) is 51.2 Å². The van der Waals surface area contributed by atoms with Crippen molar-refractivity contribution in [3.63, 3.8) is 0 Å². The summed E-state index contributed by atoms with van der Waals surface area (Å²) < 4.78 is 23.5. The lowest BCUT2D eigenvalue weighted by molar-refractivity contribution is -0.298. The molecule has 0 radical (unpaired) electrons. The summed E-state index contributed by atoms with van der Waals surface area (Å²) in [5.74, 6) is 0.933. The second-order valence-electron chi connectivity index (χ2n) is 7.29. The highest BCUT2D eigenvalue weighted by Crippen LogP contribution is 2.54. The van der Waals surface area contributed by atoms with E-state index in [4.69, 9.17) is 18.6 Å². The number of hydrogen-bond donors (Lipinski definition) is 0. The van der Waals surface area contributed by atoms with Gasteiger partial charge in [0, 0.05) is 18.9 Å². The molecule has 22 heavy (non-hydrogen) atoms. The lowest BCUT2D eigenvalue weighted by atomic mass is 9.66. The van der Waals surface area contributed by atoms with E-state index in [1.54, 1.807) is 0 Å². The van der Waals surface area contributed by atoms with Gasteiger partial charge in [-0.2, -0.15) is 0 Å². The van der Waals surface area contributed by atoms with Gasteiger partial charge in [-0.1, -0.05) is 0 Å². The van der Waals surface area contributed by atoms with Gasteiger partial charge in [0.1, 0.15) is 0 Å². The third-order valence-electron chi connectivity index (χ3n) is 5.23. The van der Waals surface area contributed by atoms with E-state index < -0.39 is 8.32 Å². The van der Waals surface area contributed by atoms with Gasteiger partial charge < -0.3 is 18.6 Å². The zero-order valence-electron chi connectivity index (χ0n) is 14.0. The Morgan fingerprint density at radius 3 is 2.73 bits per heavy atom. The molecule has 0 aromatic rings. The summed E-state index contributed by atoms with van der Waals surface area (Å²) in [6, 6.07) is 1.14. The van der Waals surface area contributed by atoms with Gasteiger partial charge in [0.05, 0.1) is 18.8 Å². The Balaban J connectivity index is 1.78. The van der Waals surface area contributed by atoms with E-state index in [-0.39, 0.29) is 30.4 Å². The van der Waals surface area contributed by atoms with Crippen LogP contribution in [0, 0.1) is 17.8 Å². The second kappa shape index (κ2) is 6.22. The average molecular weight is 328 g/mol. The molecule has 3 heterocycles. The minimum atomic E-state index is -1.60. The Bertz CT molecular complexity index is 427. The first-order chi connectivity index (χ1) is 10.4. The van der Waals surface area contributed by atoms with Crippen molar-refractivity contribution in [2.45, 2.75) is 64.3 Å². The standard InChI is InChI=1S/C16H28O5Si/c1-5-18-13(17)8-10-7-12-15-11(9-22(3,4)21-15)14(10)16(20-12)19-6-2/h10-12,14-16H,5-9H2,1-4H3/t10?,11-,12+,14-,15-,16-/m0/s1. The molecule has 4 fully saturated rings. The summed E-state index contributed by atoms with van der Waals surface area (Å²) in [7, 11) is -1.60. The Labute approximate surface area is 133 Å². The van der Waals surface area contributed by atoms with Crippen molar-refractivity contribution in [2.24, 2.45) is 17.8 Å². The van der Waals surface area contributed by atoms with Crippen molar-refractivity contribution < 1.29 is 23.4 Å². The fourth-order valence-corrected chi connectivity index (χ4v) is 7.42. The van der Waals surface area contributed by atoms with Gasteiger partial charge >= 0.3 is 5.97 Å². The highest BCUT2D eigenvalue weighted by Gasteiger charge is 2.60. The largest absolute Gasteiger partial charge is 0.466 e. The number of hydrogen-bond acceptors (Lipinski definition) is 5. The molecular formula is C16H28O5Si. The lowest BCUT2D eigenvalue weighted by Gasteiger charge is -2.52. The Hall–Kier alpha value is -0.433. The van der Waals surface area contributed by atoms with Crippen molar-refractivity contribution in [3.05, 3.63) is 0 Å². The Morgan fingerprint density at radius 1 is 1.27 bits per heavy atom. The number of fused-ring (bicyclic) bond motifs is 2. The summed E-state index contributed by atoms with van der Waals surface area (Å²) in [5, 5.41) is 0. The van der Waals surface area contributed by atoms with Gasteiger partial charge in [-0.15, -0.1) is 0 Å². The molecule has 6 atom stereocenters. The van der Waals surface area contributed by atoms with Crippen LogP contribution in [0.5, 0.6) is 0 Å². The number of esters is 1. The maximum atomic E-state index is 11.9. The van der Waals surface area contributed by atoms with E-state index >= 15 is 0 Å². The van der Waals surface area contributed by atoms with Crippen molar-refractivity contribution in [2.75, 3.05) is 13.2 Å². The molecule has 4 rings (SSSR count). The van der Waals surface area contributed by atoms with Gasteiger partial charge in [0.2, 0.25) is 0 Å². The molecule has 1 saturated carbocycles. The van der Waals surface area contributed by atoms with Crippen LogP contribution in [0.2, 0.25) is 19.1 Å². The van der Waals surface area contributed by atoms with Crippen LogP contribution in [0.25, 0.3) is 0 Å². The summed E-state index contributed by atoms with van der Waals surface area (Å²) in [6.45, 7) is 9.49. The van der Waals surface area contributed by atoms with E-state index in [0.29, 0.717) is 31.5 Å². The summed E-state index contributed by atoms with van der Waals surface area (Å²) in [6.07, 6.45) is 1.46. The zero-order chi connectivity index (χ0) is 15.9. The summed E-state index contributed by atoms with van der Waals surface area (Å²) in [4.78, 5) is 11.9. The van der Waals surface area contributed by atoms with E-state index in [9.17, 15) is 4.79 Å². The van der Waals surface area contributed by atoms with Gasteiger partial charge in [0.15, 0.2) is 14.6 Å². The molecule has 6 heteroatoms. The third-order valence-corrected chi connectivity index (χ3v) is 7.60. The molecule has 0 N–H and O–H groups in total. The fraction of sp³-hybridized carbons (Fsp3) is 0.938. The highest BCUT2D eigenvalue weighted by atomic mass is 28.4. The van der Waals surface area contributed by atoms with Crippen LogP contribution < -0.4 is 0 Å². The van der Waals surface area contributed by atoms with E-state index in [1.807, 2.05) is 13.8 Å². The van der Waals surface area contributed by atoms with Crippen LogP contribution in [0.3, 0.4) is 0 Å². The van der Waals surface area contributed by atoms with Gasteiger partial charge in [-0.3, -0.25) is 4.79 Å². The lowest BCUT2D eigenvalue weighted by Crippen LogP contribution is -2.58. The highest BCUT2D eigenvalue weighted by molar-refractivity contribution is 6.71. The van der Waals surface area contributed by atoms with Crippen molar-refractivity contribution in [3.8, 4) is 0 Å². The van der Waals surface area contributed by atoms with E-state index in [2.05, 4.69) is 13.1 Å². The van der Waals surface area contributed by atoms with Crippen LogP contribution in [0.15, 0.2) is 0 Å². The molecule has 0 spiro atoms. The zero-order valence-corrected chi connectivity index (χ0v) is 15.0. The Morgan fingerprint density at radius 2 is 2.05 bits per heavy atom. The van der Waals surface area contributed by atoms with Crippen molar-refractivity contribution in [1.82, 2.24) is 0 Å². The molecule has 1 unspecified atom stereocenters. The smallest absolute Gasteiger partial charge is 0.306 e. The molecule has 5 nitrogen and oxygen atoms in total. The summed E-state index contributed by atoms with van der Waals surface area (Å²) in [5.41, 5.74) is 0. The van der Waals surface area contributed by atoms with Crippen molar-refractivity contribution >= 4 is 14.3 Å². The first kappa shape index (κ1) is 16.4. The molecule has 0 amide bonds. The van der Waals surface area contributed by atoms with Crippen LogP contribution >= 0.6 is 0 Å². The Kier molecular flexibility index (Phi) is 4.65. The molecule has 3 saturated heterocycles. The molecule has 4 aliphatic rings. The van der Waals surface area contributed by atoms with Gasteiger partial charge in [0.25, 0.3) is 0 Å². The number of carbonyl (C=O) groups is 1. The van der Waals surface area contributed by atoms with E-state index in [0.717, 1.165) is 12.5 Å². The van der Waals surface area contributed by atoms with Gasteiger partial charge in [-0.25, -0.2) is 0 Å².